The second kappa shape index (κ2) is 11.7. The molecule has 1 N–H and O–H groups in total. The van der Waals surface area contributed by atoms with E-state index in [1.54, 1.807) is 4.90 Å². The van der Waals surface area contributed by atoms with Crippen LogP contribution in [0.15, 0.2) is 48.5 Å². The molecule has 34 heavy (non-hydrogen) atoms. The van der Waals surface area contributed by atoms with Crippen molar-refractivity contribution in [2.24, 2.45) is 5.92 Å². The number of ether oxygens (including phenoxy) is 1. The van der Waals surface area contributed by atoms with E-state index in [4.69, 9.17) is 4.74 Å². The molecular formula is C27H35N3O4. The van der Waals surface area contributed by atoms with Crippen LogP contribution in [0.5, 0.6) is 0 Å². The standard InChI is InChI=1S/C27H35N3O4/c1-5-30(19(2)3)23-12-10-22(11-13-23)28-25(31)18-34-27(33)21-14-16-29(17-15-21)26(32)24-9-7-6-8-20(24)4/h6-13,19,21H,5,14-18H2,1-4H3,(H,28,31). The number of likely N-dealkylation sites (tertiary alicyclic amines) is 1. The lowest BCUT2D eigenvalue weighted by Gasteiger charge is -2.31. The largest absolute Gasteiger partial charge is 0.455 e. The van der Waals surface area contributed by atoms with Crippen LogP contribution < -0.4 is 10.2 Å². The molecule has 1 heterocycles. The van der Waals surface area contributed by atoms with Crippen molar-refractivity contribution >= 4 is 29.2 Å². The number of amides is 2. The summed E-state index contributed by atoms with van der Waals surface area (Å²) in [4.78, 5) is 41.5. The molecule has 0 atom stereocenters. The van der Waals surface area contributed by atoms with Crippen molar-refractivity contribution in [2.45, 2.75) is 46.6 Å². The van der Waals surface area contributed by atoms with Gasteiger partial charge < -0.3 is 19.9 Å². The fraction of sp³-hybridized carbons (Fsp3) is 0.444. The number of nitrogens with zero attached hydrogens (tertiary/aromatic N) is 2. The number of rotatable bonds is 8. The van der Waals surface area contributed by atoms with Gasteiger partial charge in [0, 0.05) is 42.6 Å². The third kappa shape index (κ3) is 6.37. The number of hydrogen-bond acceptors (Lipinski definition) is 5. The Labute approximate surface area is 202 Å². The Balaban J connectivity index is 1.43. The molecule has 2 amide bonds. The highest BCUT2D eigenvalue weighted by Gasteiger charge is 2.29. The molecule has 7 nitrogen and oxygen atoms in total. The molecule has 0 spiro atoms. The van der Waals surface area contributed by atoms with Crippen LogP contribution in [0.4, 0.5) is 11.4 Å². The molecule has 1 aliphatic heterocycles. The zero-order valence-electron chi connectivity index (χ0n) is 20.5. The maximum Gasteiger partial charge on any atom is 0.309 e. The number of carbonyl (C=O) groups excluding carboxylic acids is 3. The first-order valence-electron chi connectivity index (χ1n) is 12.0. The van der Waals surface area contributed by atoms with Gasteiger partial charge in [-0.05, 0) is 76.4 Å². The molecule has 182 valence electrons. The van der Waals surface area contributed by atoms with E-state index in [0.29, 0.717) is 43.2 Å². The minimum atomic E-state index is -0.385. The fourth-order valence-corrected chi connectivity index (χ4v) is 4.34. The van der Waals surface area contributed by atoms with Crippen LogP contribution >= 0.6 is 0 Å². The van der Waals surface area contributed by atoms with Gasteiger partial charge in [-0.2, -0.15) is 0 Å². The first kappa shape index (κ1) is 25.3. The lowest BCUT2D eigenvalue weighted by molar-refractivity contribution is -0.152. The number of aryl methyl sites for hydroxylation is 1. The predicted octanol–water partition coefficient (Wildman–Crippen LogP) is 4.26. The van der Waals surface area contributed by atoms with Crippen LogP contribution in [-0.2, 0) is 14.3 Å². The summed E-state index contributed by atoms with van der Waals surface area (Å²) in [5.74, 6) is -1.07. The molecule has 1 aliphatic rings. The van der Waals surface area contributed by atoms with Crippen LogP contribution in [0.2, 0.25) is 0 Å². The van der Waals surface area contributed by atoms with Gasteiger partial charge in [0.1, 0.15) is 0 Å². The Morgan fingerprint density at radius 2 is 1.71 bits per heavy atom. The maximum absolute atomic E-state index is 12.7. The summed E-state index contributed by atoms with van der Waals surface area (Å²) in [6.45, 7) is 9.87. The Morgan fingerprint density at radius 1 is 1.06 bits per heavy atom. The Hall–Kier alpha value is -3.35. The molecule has 2 aromatic rings. The van der Waals surface area contributed by atoms with Gasteiger partial charge in [-0.15, -0.1) is 0 Å². The number of piperidine rings is 1. The van der Waals surface area contributed by atoms with Gasteiger partial charge in [0.05, 0.1) is 5.92 Å². The molecule has 0 aliphatic carbocycles. The number of benzene rings is 2. The first-order chi connectivity index (χ1) is 16.3. The van der Waals surface area contributed by atoms with E-state index >= 15 is 0 Å². The van der Waals surface area contributed by atoms with Crippen LogP contribution in [0.3, 0.4) is 0 Å². The number of esters is 1. The highest BCUT2D eigenvalue weighted by Crippen LogP contribution is 2.22. The quantitative estimate of drug-likeness (QED) is 0.589. The molecule has 7 heteroatoms. The topological polar surface area (TPSA) is 79.0 Å². The first-order valence-corrected chi connectivity index (χ1v) is 12.0. The van der Waals surface area contributed by atoms with E-state index in [1.807, 2.05) is 55.5 Å². The molecule has 1 fully saturated rings. The second-order valence-electron chi connectivity index (χ2n) is 8.96. The third-order valence-corrected chi connectivity index (χ3v) is 6.28. The van der Waals surface area contributed by atoms with E-state index in [1.165, 1.54) is 0 Å². The molecule has 1 saturated heterocycles. The predicted molar refractivity (Wildman–Crippen MR) is 134 cm³/mol. The number of anilines is 2. The Kier molecular flexibility index (Phi) is 8.68. The summed E-state index contributed by atoms with van der Waals surface area (Å²) >= 11 is 0. The van der Waals surface area contributed by atoms with Crippen molar-refractivity contribution in [3.05, 3.63) is 59.7 Å². The normalized spacial score (nSPS) is 14.1. The van der Waals surface area contributed by atoms with E-state index in [2.05, 4.69) is 31.0 Å². The summed E-state index contributed by atoms with van der Waals surface area (Å²) < 4.78 is 5.26. The lowest BCUT2D eigenvalue weighted by Crippen LogP contribution is -2.41. The summed E-state index contributed by atoms with van der Waals surface area (Å²) in [7, 11) is 0. The smallest absolute Gasteiger partial charge is 0.309 e. The number of hydrogen-bond donors (Lipinski definition) is 1. The van der Waals surface area contributed by atoms with Crippen molar-refractivity contribution in [3.63, 3.8) is 0 Å². The maximum atomic E-state index is 12.7. The monoisotopic (exact) mass is 465 g/mol. The van der Waals surface area contributed by atoms with Gasteiger partial charge in [0.15, 0.2) is 6.61 Å². The van der Waals surface area contributed by atoms with Gasteiger partial charge >= 0.3 is 5.97 Å². The SMILES string of the molecule is CCN(c1ccc(NC(=O)COC(=O)C2CCN(C(=O)c3ccccc3C)CC2)cc1)C(C)C. The van der Waals surface area contributed by atoms with Gasteiger partial charge in [-0.3, -0.25) is 14.4 Å². The van der Waals surface area contributed by atoms with Crippen molar-refractivity contribution in [1.82, 2.24) is 4.90 Å². The van der Waals surface area contributed by atoms with E-state index in [9.17, 15) is 14.4 Å². The average Bonchev–Trinajstić information content (AvgIpc) is 2.84. The number of nitrogens with one attached hydrogen (secondary N) is 1. The molecule has 0 radical (unpaired) electrons. The Morgan fingerprint density at radius 3 is 2.29 bits per heavy atom. The summed E-state index contributed by atoms with van der Waals surface area (Å²) in [6.07, 6.45) is 1.06. The van der Waals surface area contributed by atoms with Crippen molar-refractivity contribution in [3.8, 4) is 0 Å². The fourth-order valence-electron chi connectivity index (χ4n) is 4.34. The van der Waals surface area contributed by atoms with Gasteiger partial charge in [-0.25, -0.2) is 0 Å². The van der Waals surface area contributed by atoms with Crippen LogP contribution in [0, 0.1) is 12.8 Å². The van der Waals surface area contributed by atoms with Crippen LogP contribution in [0.25, 0.3) is 0 Å². The van der Waals surface area contributed by atoms with Crippen LogP contribution in [0.1, 0.15) is 49.5 Å². The van der Waals surface area contributed by atoms with Crippen LogP contribution in [-0.4, -0.2) is 55.0 Å². The van der Waals surface area contributed by atoms with Crippen molar-refractivity contribution < 1.29 is 19.1 Å². The molecule has 0 aromatic heterocycles. The molecule has 3 rings (SSSR count). The zero-order valence-corrected chi connectivity index (χ0v) is 20.5. The number of carbonyl (C=O) groups is 3. The third-order valence-electron chi connectivity index (χ3n) is 6.28. The highest BCUT2D eigenvalue weighted by atomic mass is 16.5. The molecule has 0 saturated carbocycles. The van der Waals surface area contributed by atoms with E-state index in [0.717, 1.165) is 17.8 Å². The lowest BCUT2D eigenvalue weighted by atomic mass is 9.96. The highest BCUT2D eigenvalue weighted by molar-refractivity contribution is 5.96. The molecular weight excluding hydrogens is 430 g/mol. The zero-order chi connectivity index (χ0) is 24.7. The van der Waals surface area contributed by atoms with Crippen molar-refractivity contribution in [1.29, 1.82) is 0 Å². The second-order valence-corrected chi connectivity index (χ2v) is 8.96. The summed E-state index contributed by atoms with van der Waals surface area (Å²) in [6, 6.07) is 15.5. The van der Waals surface area contributed by atoms with Gasteiger partial charge in [-0.1, -0.05) is 18.2 Å². The van der Waals surface area contributed by atoms with E-state index < -0.39 is 0 Å². The Bertz CT molecular complexity index is 995. The minimum Gasteiger partial charge on any atom is -0.455 e. The van der Waals surface area contributed by atoms with Crippen molar-refractivity contribution in [2.75, 3.05) is 36.5 Å². The molecule has 0 bridgehead atoms. The molecule has 2 aromatic carbocycles. The minimum absolute atomic E-state index is 0.00855. The van der Waals surface area contributed by atoms with E-state index in [-0.39, 0.29) is 30.3 Å². The summed E-state index contributed by atoms with van der Waals surface area (Å²) in [5.41, 5.74) is 3.39. The molecule has 0 unspecified atom stereocenters. The average molecular weight is 466 g/mol. The van der Waals surface area contributed by atoms with Gasteiger partial charge in [0.2, 0.25) is 0 Å². The summed E-state index contributed by atoms with van der Waals surface area (Å²) in [5, 5.41) is 2.77. The van der Waals surface area contributed by atoms with Gasteiger partial charge in [0.25, 0.3) is 11.8 Å².